The number of thiophene rings is 1. The van der Waals surface area contributed by atoms with Gasteiger partial charge in [0.25, 0.3) is 0 Å². The Kier molecular flexibility index (Phi) is 3.92. The van der Waals surface area contributed by atoms with Crippen LogP contribution in [0, 0.1) is 0 Å². The van der Waals surface area contributed by atoms with Crippen LogP contribution in [0.3, 0.4) is 0 Å². The van der Waals surface area contributed by atoms with E-state index < -0.39 is 0 Å². The molecule has 0 spiro atoms. The standard InChI is InChI=1S/C14H19N5OS/c1-3-16-14-17-11(9-6-8-21-13(9)18-14)19-7-4-5-10(19)12(20)15-2/h6,8,10H,3-5,7H2,1-2H3,(H,15,20)(H,16,17,18). The average molecular weight is 305 g/mol. The molecule has 1 aliphatic rings. The molecule has 21 heavy (non-hydrogen) atoms. The van der Waals surface area contributed by atoms with Gasteiger partial charge in [-0.2, -0.15) is 4.98 Å². The molecule has 1 atom stereocenters. The number of carbonyl (C=O) groups excluding carboxylic acids is 1. The maximum atomic E-state index is 12.1. The SMILES string of the molecule is CCNc1nc(N2CCCC2C(=O)NC)c2ccsc2n1. The molecule has 0 radical (unpaired) electrons. The van der Waals surface area contributed by atoms with Gasteiger partial charge in [-0.05, 0) is 31.2 Å². The number of fused-ring (bicyclic) bond motifs is 1. The summed E-state index contributed by atoms with van der Waals surface area (Å²) in [4.78, 5) is 24.3. The lowest BCUT2D eigenvalue weighted by atomic mass is 10.2. The lowest BCUT2D eigenvalue weighted by Crippen LogP contribution is -2.42. The van der Waals surface area contributed by atoms with Crippen molar-refractivity contribution >= 4 is 39.2 Å². The lowest BCUT2D eigenvalue weighted by molar-refractivity contribution is -0.121. The number of nitrogens with zero attached hydrogens (tertiary/aromatic N) is 3. The summed E-state index contributed by atoms with van der Waals surface area (Å²) < 4.78 is 0. The maximum absolute atomic E-state index is 12.1. The van der Waals surface area contributed by atoms with Crippen molar-refractivity contribution in [3.8, 4) is 0 Å². The smallest absolute Gasteiger partial charge is 0.242 e. The van der Waals surface area contributed by atoms with Crippen LogP contribution in [0.25, 0.3) is 10.2 Å². The third kappa shape index (κ3) is 2.53. The number of nitrogens with one attached hydrogen (secondary N) is 2. The molecular formula is C14H19N5OS. The van der Waals surface area contributed by atoms with E-state index in [4.69, 9.17) is 0 Å². The van der Waals surface area contributed by atoms with Crippen LogP contribution in [0.5, 0.6) is 0 Å². The van der Waals surface area contributed by atoms with E-state index in [2.05, 4.69) is 25.5 Å². The van der Waals surface area contributed by atoms with Gasteiger partial charge in [0, 0.05) is 20.1 Å². The van der Waals surface area contributed by atoms with Crippen LogP contribution in [-0.4, -0.2) is 42.1 Å². The van der Waals surface area contributed by atoms with Crippen LogP contribution in [-0.2, 0) is 4.79 Å². The molecule has 112 valence electrons. The summed E-state index contributed by atoms with van der Waals surface area (Å²) in [7, 11) is 1.68. The van der Waals surface area contributed by atoms with Crippen LogP contribution in [0.1, 0.15) is 19.8 Å². The van der Waals surface area contributed by atoms with Gasteiger partial charge in [0.1, 0.15) is 16.7 Å². The second-order valence-electron chi connectivity index (χ2n) is 5.01. The molecule has 2 aromatic heterocycles. The van der Waals surface area contributed by atoms with Gasteiger partial charge in [-0.15, -0.1) is 11.3 Å². The molecule has 1 amide bonds. The van der Waals surface area contributed by atoms with Gasteiger partial charge in [-0.3, -0.25) is 4.79 Å². The summed E-state index contributed by atoms with van der Waals surface area (Å²) in [5, 5.41) is 8.96. The molecular weight excluding hydrogens is 286 g/mol. The first-order valence-corrected chi connectivity index (χ1v) is 8.10. The molecule has 0 saturated carbocycles. The fourth-order valence-corrected chi connectivity index (χ4v) is 3.51. The summed E-state index contributed by atoms with van der Waals surface area (Å²) in [5.74, 6) is 1.55. The number of likely N-dealkylation sites (N-methyl/N-ethyl adjacent to an activating group) is 1. The number of aromatic nitrogens is 2. The van der Waals surface area contributed by atoms with Crippen molar-refractivity contribution in [2.24, 2.45) is 0 Å². The highest BCUT2D eigenvalue weighted by Crippen LogP contribution is 2.33. The summed E-state index contributed by atoms with van der Waals surface area (Å²) in [6.07, 6.45) is 1.87. The highest BCUT2D eigenvalue weighted by molar-refractivity contribution is 7.16. The van der Waals surface area contributed by atoms with Gasteiger partial charge < -0.3 is 15.5 Å². The molecule has 3 heterocycles. The Labute approximate surface area is 127 Å². The van der Waals surface area contributed by atoms with Crippen LogP contribution >= 0.6 is 11.3 Å². The second kappa shape index (κ2) is 5.85. The quantitative estimate of drug-likeness (QED) is 0.902. The number of carbonyl (C=O) groups is 1. The Bertz CT molecular complexity index is 656. The van der Waals surface area contributed by atoms with Crippen molar-refractivity contribution in [2.75, 3.05) is 30.4 Å². The van der Waals surface area contributed by atoms with E-state index in [1.807, 2.05) is 18.4 Å². The molecule has 2 aromatic rings. The van der Waals surface area contributed by atoms with Crippen molar-refractivity contribution < 1.29 is 4.79 Å². The predicted octanol–water partition coefficient (Wildman–Crippen LogP) is 1.84. The van der Waals surface area contributed by atoms with Crippen molar-refractivity contribution in [3.63, 3.8) is 0 Å². The number of hydrogen-bond donors (Lipinski definition) is 2. The number of rotatable bonds is 4. The number of amides is 1. The molecule has 7 heteroatoms. The van der Waals surface area contributed by atoms with Crippen molar-refractivity contribution in [1.82, 2.24) is 15.3 Å². The van der Waals surface area contributed by atoms with E-state index in [0.717, 1.165) is 42.0 Å². The molecule has 1 unspecified atom stereocenters. The fraction of sp³-hybridized carbons (Fsp3) is 0.500. The molecule has 3 rings (SSSR count). The third-order valence-electron chi connectivity index (χ3n) is 3.71. The summed E-state index contributed by atoms with van der Waals surface area (Å²) in [5.41, 5.74) is 0. The van der Waals surface area contributed by atoms with E-state index in [9.17, 15) is 4.79 Å². The van der Waals surface area contributed by atoms with Crippen molar-refractivity contribution in [2.45, 2.75) is 25.8 Å². The van der Waals surface area contributed by atoms with Gasteiger partial charge in [-0.1, -0.05) is 0 Å². The van der Waals surface area contributed by atoms with E-state index in [-0.39, 0.29) is 11.9 Å². The van der Waals surface area contributed by atoms with Crippen LogP contribution in [0.4, 0.5) is 11.8 Å². The predicted molar refractivity (Wildman–Crippen MR) is 86.0 cm³/mol. The Morgan fingerprint density at radius 2 is 2.38 bits per heavy atom. The zero-order valence-corrected chi connectivity index (χ0v) is 13.0. The highest BCUT2D eigenvalue weighted by atomic mass is 32.1. The van der Waals surface area contributed by atoms with Crippen LogP contribution in [0.15, 0.2) is 11.4 Å². The molecule has 1 aliphatic heterocycles. The largest absolute Gasteiger partial charge is 0.357 e. The van der Waals surface area contributed by atoms with E-state index in [1.54, 1.807) is 18.4 Å². The van der Waals surface area contributed by atoms with Crippen LogP contribution < -0.4 is 15.5 Å². The monoisotopic (exact) mass is 305 g/mol. The van der Waals surface area contributed by atoms with E-state index >= 15 is 0 Å². The zero-order valence-electron chi connectivity index (χ0n) is 12.2. The Morgan fingerprint density at radius 1 is 1.52 bits per heavy atom. The van der Waals surface area contributed by atoms with Crippen molar-refractivity contribution in [3.05, 3.63) is 11.4 Å². The zero-order chi connectivity index (χ0) is 14.8. The van der Waals surface area contributed by atoms with Gasteiger partial charge in [-0.25, -0.2) is 4.98 Å². The first-order valence-electron chi connectivity index (χ1n) is 7.22. The summed E-state index contributed by atoms with van der Waals surface area (Å²) >= 11 is 1.60. The summed E-state index contributed by atoms with van der Waals surface area (Å²) in [6, 6.07) is 1.90. The second-order valence-corrected chi connectivity index (χ2v) is 5.90. The van der Waals surface area contributed by atoms with E-state index in [1.165, 1.54) is 0 Å². The third-order valence-corrected chi connectivity index (χ3v) is 4.52. The molecule has 0 bridgehead atoms. The average Bonchev–Trinajstić information content (AvgIpc) is 3.14. The number of hydrogen-bond acceptors (Lipinski definition) is 6. The molecule has 2 N–H and O–H groups in total. The van der Waals surface area contributed by atoms with E-state index in [0.29, 0.717) is 5.95 Å². The minimum Gasteiger partial charge on any atom is -0.357 e. The molecule has 1 saturated heterocycles. The lowest BCUT2D eigenvalue weighted by Gasteiger charge is -2.25. The van der Waals surface area contributed by atoms with Gasteiger partial charge >= 0.3 is 0 Å². The molecule has 6 nitrogen and oxygen atoms in total. The van der Waals surface area contributed by atoms with Gasteiger partial charge in [0.05, 0.1) is 5.39 Å². The minimum atomic E-state index is -0.137. The van der Waals surface area contributed by atoms with Crippen LogP contribution in [0.2, 0.25) is 0 Å². The number of anilines is 2. The minimum absolute atomic E-state index is 0.0551. The molecule has 1 fully saturated rings. The maximum Gasteiger partial charge on any atom is 0.242 e. The first kappa shape index (κ1) is 14.1. The Hall–Kier alpha value is -1.89. The molecule has 0 aromatic carbocycles. The topological polar surface area (TPSA) is 70.2 Å². The van der Waals surface area contributed by atoms with Gasteiger partial charge in [0.15, 0.2) is 0 Å². The first-order chi connectivity index (χ1) is 10.2. The van der Waals surface area contributed by atoms with Gasteiger partial charge in [0.2, 0.25) is 11.9 Å². The van der Waals surface area contributed by atoms with Crippen molar-refractivity contribution in [1.29, 1.82) is 0 Å². The molecule has 0 aliphatic carbocycles. The highest BCUT2D eigenvalue weighted by Gasteiger charge is 2.32. The fourth-order valence-electron chi connectivity index (χ4n) is 2.76. The summed E-state index contributed by atoms with van der Waals surface area (Å²) in [6.45, 7) is 3.64. The Morgan fingerprint density at radius 3 is 3.14 bits per heavy atom. The normalized spacial score (nSPS) is 18.2. The Balaban J connectivity index is 2.05.